The number of carbonyl (C=O) groups excluding carboxylic acids is 1. The van der Waals surface area contributed by atoms with Crippen LogP contribution in [0.4, 0.5) is 4.79 Å². The Kier molecular flexibility index (Phi) is 3.98. The zero-order valence-corrected chi connectivity index (χ0v) is 12.0. The summed E-state index contributed by atoms with van der Waals surface area (Å²) in [6.07, 6.45) is 9.52. The van der Waals surface area contributed by atoms with E-state index in [2.05, 4.69) is 5.73 Å². The molecular weight excluding hydrogens is 254 g/mol. The molecule has 1 N–H and O–H groups in total. The van der Waals surface area contributed by atoms with Crippen molar-refractivity contribution in [2.45, 2.75) is 39.4 Å². The molecule has 106 valence electrons. The standard InChI is InChI=1S/C16H19NO3/c1-16(2,3)20-15(19)17-10-12(11-18)13-8-6-4-5-7-9-14(13)17/h4,6-8,10,18H,5,11H2,1-3H3. The third-order valence-corrected chi connectivity index (χ3v) is 2.78. The van der Waals surface area contributed by atoms with Gasteiger partial charge in [-0.15, -0.1) is 0 Å². The molecule has 1 heterocycles. The first-order valence-corrected chi connectivity index (χ1v) is 6.59. The minimum absolute atomic E-state index is 0.135. The van der Waals surface area contributed by atoms with Gasteiger partial charge in [0.1, 0.15) is 11.0 Å². The van der Waals surface area contributed by atoms with Crippen LogP contribution in [-0.2, 0) is 11.3 Å². The van der Waals surface area contributed by atoms with Crippen molar-refractivity contribution in [2.75, 3.05) is 0 Å². The van der Waals surface area contributed by atoms with Crippen molar-refractivity contribution in [3.05, 3.63) is 40.6 Å². The van der Waals surface area contributed by atoms with Crippen molar-refractivity contribution in [1.29, 1.82) is 0 Å². The van der Waals surface area contributed by atoms with E-state index in [-0.39, 0.29) is 6.61 Å². The zero-order chi connectivity index (χ0) is 14.8. The summed E-state index contributed by atoms with van der Waals surface area (Å²) in [5.41, 5.74) is 3.21. The number of aliphatic hydroxyl groups excluding tert-OH is 1. The summed E-state index contributed by atoms with van der Waals surface area (Å²) in [6.45, 7) is 5.32. The highest BCUT2D eigenvalue weighted by atomic mass is 16.6. The van der Waals surface area contributed by atoms with Crippen LogP contribution < -0.4 is 10.6 Å². The van der Waals surface area contributed by atoms with Gasteiger partial charge in [-0.25, -0.2) is 9.36 Å². The molecule has 0 saturated carbocycles. The third kappa shape index (κ3) is 3.10. The van der Waals surface area contributed by atoms with E-state index in [0.717, 1.165) is 11.6 Å². The van der Waals surface area contributed by atoms with Crippen LogP contribution in [0.15, 0.2) is 24.4 Å². The highest BCUT2D eigenvalue weighted by Gasteiger charge is 2.19. The van der Waals surface area contributed by atoms with Crippen LogP contribution in [0, 0.1) is 0 Å². The minimum Gasteiger partial charge on any atom is -0.443 e. The number of aliphatic hydroxyl groups is 1. The second-order valence-electron chi connectivity index (χ2n) is 5.60. The van der Waals surface area contributed by atoms with E-state index in [1.54, 1.807) is 6.20 Å². The van der Waals surface area contributed by atoms with Gasteiger partial charge in [0.2, 0.25) is 0 Å². The molecule has 0 spiro atoms. The van der Waals surface area contributed by atoms with Crippen LogP contribution in [0.25, 0.3) is 11.8 Å². The Labute approximate surface area is 118 Å². The average molecular weight is 273 g/mol. The van der Waals surface area contributed by atoms with Gasteiger partial charge in [0.05, 0.1) is 6.61 Å². The predicted molar refractivity (Wildman–Crippen MR) is 77.4 cm³/mol. The largest absolute Gasteiger partial charge is 0.443 e. The van der Waals surface area contributed by atoms with E-state index >= 15 is 0 Å². The SMILES string of the molecule is CC(C)(C)OC(=O)n1cc(CO)c2c1=C=CCC=CC=2. The fraction of sp³-hybridized carbons (Fsp3) is 0.375. The number of nitrogens with zero attached hydrogens (tertiary/aromatic N) is 1. The first-order chi connectivity index (χ1) is 9.42. The molecule has 1 aromatic rings. The molecule has 4 nitrogen and oxygen atoms in total. The second-order valence-corrected chi connectivity index (χ2v) is 5.60. The molecule has 1 aliphatic rings. The summed E-state index contributed by atoms with van der Waals surface area (Å²) in [7, 11) is 0. The topological polar surface area (TPSA) is 51.5 Å². The highest BCUT2D eigenvalue weighted by molar-refractivity contribution is 5.72. The number of hydrogen-bond donors (Lipinski definition) is 1. The smallest absolute Gasteiger partial charge is 0.419 e. The Bertz CT molecular complexity index is 695. The predicted octanol–water partition coefficient (Wildman–Crippen LogP) is 1.44. The van der Waals surface area contributed by atoms with Crippen LogP contribution in [0.2, 0.25) is 0 Å². The molecule has 0 bridgehead atoms. The first kappa shape index (κ1) is 14.4. The second kappa shape index (κ2) is 5.53. The Morgan fingerprint density at radius 3 is 2.90 bits per heavy atom. The summed E-state index contributed by atoms with van der Waals surface area (Å²) >= 11 is 0. The summed E-state index contributed by atoms with van der Waals surface area (Å²) in [4.78, 5) is 12.2. The molecule has 0 amide bonds. The number of carbonyl (C=O) groups is 1. The van der Waals surface area contributed by atoms with Crippen LogP contribution in [0.1, 0.15) is 32.8 Å². The first-order valence-electron chi connectivity index (χ1n) is 6.59. The van der Waals surface area contributed by atoms with Gasteiger partial charge in [0, 0.05) is 17.0 Å². The van der Waals surface area contributed by atoms with Gasteiger partial charge in [-0.3, -0.25) is 0 Å². The van der Waals surface area contributed by atoms with E-state index in [4.69, 9.17) is 4.74 Å². The summed E-state index contributed by atoms with van der Waals surface area (Å²) in [6, 6.07) is 0. The normalized spacial score (nSPS) is 13.8. The minimum atomic E-state index is -0.567. The quantitative estimate of drug-likeness (QED) is 0.842. The monoisotopic (exact) mass is 273 g/mol. The Morgan fingerprint density at radius 1 is 1.50 bits per heavy atom. The van der Waals surface area contributed by atoms with Crippen molar-refractivity contribution in [3.8, 4) is 0 Å². The van der Waals surface area contributed by atoms with Crippen molar-refractivity contribution >= 4 is 17.9 Å². The summed E-state index contributed by atoms with van der Waals surface area (Å²) in [5.74, 6) is 0. The van der Waals surface area contributed by atoms with Crippen LogP contribution in [-0.4, -0.2) is 21.4 Å². The fourth-order valence-electron chi connectivity index (χ4n) is 1.95. The molecule has 0 saturated heterocycles. The van der Waals surface area contributed by atoms with E-state index in [9.17, 15) is 9.90 Å². The number of allylic oxidation sites excluding steroid dienone is 3. The molecule has 2 rings (SSSR count). The van der Waals surface area contributed by atoms with E-state index in [1.807, 2.05) is 45.1 Å². The lowest BCUT2D eigenvalue weighted by Gasteiger charge is -2.19. The maximum Gasteiger partial charge on any atom is 0.419 e. The number of aromatic nitrogens is 1. The van der Waals surface area contributed by atoms with Crippen molar-refractivity contribution in [2.24, 2.45) is 0 Å². The van der Waals surface area contributed by atoms with Crippen molar-refractivity contribution in [3.63, 3.8) is 0 Å². The van der Waals surface area contributed by atoms with Crippen molar-refractivity contribution in [1.82, 2.24) is 4.57 Å². The Morgan fingerprint density at radius 2 is 2.25 bits per heavy atom. The van der Waals surface area contributed by atoms with Crippen LogP contribution in [0.5, 0.6) is 0 Å². The van der Waals surface area contributed by atoms with E-state index in [0.29, 0.717) is 10.9 Å². The van der Waals surface area contributed by atoms with Gasteiger partial charge in [0.25, 0.3) is 0 Å². The molecule has 0 aliphatic heterocycles. The van der Waals surface area contributed by atoms with Gasteiger partial charge in [0.15, 0.2) is 0 Å². The Balaban J connectivity index is 2.63. The van der Waals surface area contributed by atoms with Gasteiger partial charge in [-0.2, -0.15) is 0 Å². The lowest BCUT2D eigenvalue weighted by Crippen LogP contribution is -2.36. The molecule has 0 fully saturated rings. The maximum atomic E-state index is 12.2. The summed E-state index contributed by atoms with van der Waals surface area (Å²) in [5, 5.41) is 10.9. The number of hydrogen-bond acceptors (Lipinski definition) is 3. The lowest BCUT2D eigenvalue weighted by molar-refractivity contribution is 0.0532. The van der Waals surface area contributed by atoms with E-state index < -0.39 is 11.7 Å². The molecule has 0 atom stereocenters. The number of ether oxygens (including phenoxy) is 1. The molecule has 1 aliphatic carbocycles. The zero-order valence-electron chi connectivity index (χ0n) is 12.0. The number of rotatable bonds is 1. The van der Waals surface area contributed by atoms with Crippen molar-refractivity contribution < 1.29 is 14.6 Å². The maximum absolute atomic E-state index is 12.2. The third-order valence-electron chi connectivity index (χ3n) is 2.78. The molecule has 0 unspecified atom stereocenters. The van der Waals surface area contributed by atoms with Gasteiger partial charge in [-0.05, 0) is 33.3 Å². The molecular formula is C16H19NO3. The lowest BCUT2D eigenvalue weighted by atomic mass is 10.2. The van der Waals surface area contributed by atoms with Crippen LogP contribution in [0.3, 0.4) is 0 Å². The van der Waals surface area contributed by atoms with Gasteiger partial charge < -0.3 is 9.84 Å². The van der Waals surface area contributed by atoms with Gasteiger partial charge >= 0.3 is 6.09 Å². The number of fused-ring (bicyclic) bond motifs is 1. The molecule has 1 aromatic heterocycles. The highest BCUT2D eigenvalue weighted by Crippen LogP contribution is 2.08. The van der Waals surface area contributed by atoms with E-state index in [1.165, 1.54) is 4.57 Å². The Hall–Kier alpha value is -2.03. The van der Waals surface area contributed by atoms with Crippen LogP contribution >= 0.6 is 0 Å². The molecule has 0 aromatic carbocycles. The van der Waals surface area contributed by atoms with Gasteiger partial charge in [-0.1, -0.05) is 24.0 Å². The average Bonchev–Trinajstić information content (AvgIpc) is 2.64. The molecule has 0 radical (unpaired) electrons. The molecule has 4 heteroatoms. The molecule has 20 heavy (non-hydrogen) atoms. The fourth-order valence-corrected chi connectivity index (χ4v) is 1.95. The summed E-state index contributed by atoms with van der Waals surface area (Å²) < 4.78 is 6.78.